The van der Waals surface area contributed by atoms with Gasteiger partial charge in [-0.3, -0.25) is 9.89 Å². The summed E-state index contributed by atoms with van der Waals surface area (Å²) in [6, 6.07) is 4.78. The molecule has 1 aliphatic rings. The van der Waals surface area contributed by atoms with E-state index >= 15 is 0 Å². The molecule has 0 bridgehead atoms. The molecule has 1 aliphatic heterocycles. The third-order valence-electron chi connectivity index (χ3n) is 4.86. The zero-order valence-electron chi connectivity index (χ0n) is 15.6. The molecule has 0 unspecified atom stereocenters. The number of guanidine groups is 1. The molecule has 0 aliphatic carbocycles. The average Bonchev–Trinajstić information content (AvgIpc) is 2.63. The summed E-state index contributed by atoms with van der Waals surface area (Å²) in [4.78, 5) is 6.80. The van der Waals surface area contributed by atoms with Gasteiger partial charge in [-0.25, -0.2) is 4.39 Å². The van der Waals surface area contributed by atoms with Crippen LogP contribution in [0.2, 0.25) is 0 Å². The van der Waals surface area contributed by atoms with Gasteiger partial charge < -0.3 is 15.7 Å². The molecule has 0 radical (unpaired) electrons. The Hall–Kier alpha value is -1.66. The maximum absolute atomic E-state index is 13.4. The molecule has 0 atom stereocenters. The van der Waals surface area contributed by atoms with Crippen molar-refractivity contribution in [3.8, 4) is 0 Å². The van der Waals surface area contributed by atoms with E-state index in [4.69, 9.17) is 5.11 Å². The van der Waals surface area contributed by atoms with Crippen molar-refractivity contribution in [1.82, 2.24) is 15.5 Å². The Morgan fingerprint density at radius 3 is 2.60 bits per heavy atom. The van der Waals surface area contributed by atoms with Crippen LogP contribution < -0.4 is 10.6 Å². The summed E-state index contributed by atoms with van der Waals surface area (Å²) in [7, 11) is 1.74. The van der Waals surface area contributed by atoms with Gasteiger partial charge in [0.05, 0.1) is 6.61 Å². The molecule has 1 fully saturated rings. The van der Waals surface area contributed by atoms with Crippen LogP contribution in [-0.4, -0.2) is 48.2 Å². The van der Waals surface area contributed by atoms with Gasteiger partial charge in [0.1, 0.15) is 5.82 Å². The quantitative estimate of drug-likeness (QED) is 0.544. The standard InChI is InChI=1S/C19H31FN4O/c1-19(2,24-9-5-4-6-10-24)14-23-18(21-3)22-12-15-7-8-17(20)16(11-15)13-25/h7-8,11,25H,4-6,9-10,12-14H2,1-3H3,(H2,21,22,23). The van der Waals surface area contributed by atoms with Crippen LogP contribution in [0, 0.1) is 5.82 Å². The Kier molecular flexibility index (Phi) is 7.20. The first-order valence-electron chi connectivity index (χ1n) is 9.04. The van der Waals surface area contributed by atoms with Crippen LogP contribution in [0.3, 0.4) is 0 Å². The summed E-state index contributed by atoms with van der Waals surface area (Å²) in [5.41, 5.74) is 1.29. The Bertz CT molecular complexity index is 583. The van der Waals surface area contributed by atoms with Gasteiger partial charge in [0.15, 0.2) is 5.96 Å². The van der Waals surface area contributed by atoms with Crippen molar-refractivity contribution in [3.05, 3.63) is 35.1 Å². The molecule has 0 amide bonds. The number of likely N-dealkylation sites (tertiary alicyclic amines) is 1. The van der Waals surface area contributed by atoms with Crippen LogP contribution in [0.15, 0.2) is 23.2 Å². The van der Waals surface area contributed by atoms with Gasteiger partial charge in [-0.1, -0.05) is 12.5 Å². The minimum atomic E-state index is -0.378. The highest BCUT2D eigenvalue weighted by Gasteiger charge is 2.27. The number of aliphatic hydroxyl groups is 1. The fraction of sp³-hybridized carbons (Fsp3) is 0.632. The molecule has 6 heteroatoms. The van der Waals surface area contributed by atoms with Crippen LogP contribution in [-0.2, 0) is 13.2 Å². The number of halogens is 1. The topological polar surface area (TPSA) is 59.9 Å². The number of hydrogen-bond acceptors (Lipinski definition) is 3. The van der Waals surface area contributed by atoms with E-state index in [1.807, 2.05) is 0 Å². The van der Waals surface area contributed by atoms with E-state index in [9.17, 15) is 4.39 Å². The van der Waals surface area contributed by atoms with E-state index in [0.717, 1.165) is 31.2 Å². The van der Waals surface area contributed by atoms with Crippen LogP contribution in [0.1, 0.15) is 44.2 Å². The lowest BCUT2D eigenvalue weighted by molar-refractivity contribution is 0.0982. The van der Waals surface area contributed by atoms with Gasteiger partial charge in [0.2, 0.25) is 0 Å². The first kappa shape index (κ1) is 19.7. The molecule has 1 heterocycles. The maximum atomic E-state index is 13.4. The van der Waals surface area contributed by atoms with Crippen molar-refractivity contribution >= 4 is 5.96 Å². The number of nitrogens with zero attached hydrogens (tertiary/aromatic N) is 2. The number of piperidine rings is 1. The number of rotatable bonds is 6. The van der Waals surface area contributed by atoms with Crippen LogP contribution in [0.4, 0.5) is 4.39 Å². The molecule has 0 saturated carbocycles. The summed E-state index contributed by atoms with van der Waals surface area (Å²) in [6.07, 6.45) is 3.87. The van der Waals surface area contributed by atoms with Gasteiger partial charge in [-0.05, 0) is 57.5 Å². The predicted octanol–water partition coefficient (Wildman–Crippen LogP) is 2.25. The highest BCUT2D eigenvalue weighted by atomic mass is 19.1. The highest BCUT2D eigenvalue weighted by Crippen LogP contribution is 2.19. The fourth-order valence-electron chi connectivity index (χ4n) is 3.18. The SMILES string of the molecule is CN=C(NCc1ccc(F)c(CO)c1)NCC(C)(C)N1CCCCC1. The summed E-state index contributed by atoms with van der Waals surface area (Å²) in [5, 5.41) is 15.8. The van der Waals surface area contributed by atoms with Gasteiger partial charge >= 0.3 is 0 Å². The summed E-state index contributed by atoms with van der Waals surface area (Å²) < 4.78 is 13.4. The van der Waals surface area contributed by atoms with Crippen molar-refractivity contribution in [2.45, 2.75) is 51.8 Å². The number of nitrogens with one attached hydrogen (secondary N) is 2. The lowest BCUT2D eigenvalue weighted by Gasteiger charge is -2.41. The Labute approximate surface area is 150 Å². The summed E-state index contributed by atoms with van der Waals surface area (Å²) in [5.74, 6) is 0.344. The Morgan fingerprint density at radius 1 is 1.24 bits per heavy atom. The molecule has 5 nitrogen and oxygen atoms in total. The van der Waals surface area contributed by atoms with Crippen LogP contribution in [0.25, 0.3) is 0 Å². The van der Waals surface area contributed by atoms with Gasteiger partial charge in [0.25, 0.3) is 0 Å². The van der Waals surface area contributed by atoms with Crippen molar-refractivity contribution in [2.75, 3.05) is 26.7 Å². The van der Waals surface area contributed by atoms with Crippen molar-refractivity contribution in [1.29, 1.82) is 0 Å². The molecule has 3 N–H and O–H groups in total. The molecule has 140 valence electrons. The van der Waals surface area contributed by atoms with Gasteiger partial charge in [-0.2, -0.15) is 0 Å². The van der Waals surface area contributed by atoms with E-state index in [-0.39, 0.29) is 18.0 Å². The Morgan fingerprint density at radius 2 is 1.96 bits per heavy atom. The van der Waals surface area contributed by atoms with Crippen molar-refractivity contribution in [3.63, 3.8) is 0 Å². The van der Waals surface area contributed by atoms with Gasteiger partial charge in [-0.15, -0.1) is 0 Å². The minimum absolute atomic E-state index is 0.0674. The predicted molar refractivity (Wildman–Crippen MR) is 100 cm³/mol. The molecule has 25 heavy (non-hydrogen) atoms. The van der Waals surface area contributed by atoms with E-state index in [0.29, 0.717) is 12.1 Å². The van der Waals surface area contributed by atoms with E-state index < -0.39 is 0 Å². The lowest BCUT2D eigenvalue weighted by atomic mass is 9.98. The molecular formula is C19H31FN4O. The molecule has 2 rings (SSSR count). The third-order valence-corrected chi connectivity index (χ3v) is 4.86. The smallest absolute Gasteiger partial charge is 0.191 e. The maximum Gasteiger partial charge on any atom is 0.191 e. The van der Waals surface area contributed by atoms with E-state index in [1.165, 1.54) is 25.3 Å². The molecule has 0 spiro atoms. The second-order valence-corrected chi connectivity index (χ2v) is 7.22. The number of benzene rings is 1. The van der Waals surface area contributed by atoms with E-state index in [2.05, 4.69) is 34.4 Å². The lowest BCUT2D eigenvalue weighted by Crippen LogP contribution is -2.54. The summed E-state index contributed by atoms with van der Waals surface area (Å²) >= 11 is 0. The minimum Gasteiger partial charge on any atom is -0.392 e. The molecule has 1 aromatic carbocycles. The van der Waals surface area contributed by atoms with Crippen molar-refractivity contribution in [2.24, 2.45) is 4.99 Å². The normalized spacial score (nSPS) is 16.8. The first-order chi connectivity index (χ1) is 12.0. The van der Waals surface area contributed by atoms with E-state index in [1.54, 1.807) is 19.2 Å². The zero-order chi connectivity index (χ0) is 18.3. The van der Waals surface area contributed by atoms with Gasteiger partial charge in [0, 0.05) is 31.2 Å². The number of aliphatic hydroxyl groups excluding tert-OH is 1. The molecular weight excluding hydrogens is 319 g/mol. The largest absolute Gasteiger partial charge is 0.392 e. The first-order valence-corrected chi connectivity index (χ1v) is 9.04. The molecule has 1 aromatic rings. The van der Waals surface area contributed by atoms with Crippen LogP contribution in [0.5, 0.6) is 0 Å². The second-order valence-electron chi connectivity index (χ2n) is 7.22. The Balaban J connectivity index is 1.86. The monoisotopic (exact) mass is 350 g/mol. The molecule has 0 aromatic heterocycles. The second kappa shape index (κ2) is 9.15. The summed E-state index contributed by atoms with van der Waals surface area (Å²) in [6.45, 7) is 7.85. The third kappa shape index (κ3) is 5.68. The average molecular weight is 350 g/mol. The number of hydrogen-bond donors (Lipinski definition) is 3. The molecule has 1 saturated heterocycles. The fourth-order valence-corrected chi connectivity index (χ4v) is 3.18. The van der Waals surface area contributed by atoms with Crippen molar-refractivity contribution < 1.29 is 9.50 Å². The highest BCUT2D eigenvalue weighted by molar-refractivity contribution is 5.79. The number of aliphatic imine (C=N–C) groups is 1. The van der Waals surface area contributed by atoms with Crippen LogP contribution >= 0.6 is 0 Å². The zero-order valence-corrected chi connectivity index (χ0v) is 15.6.